The third kappa shape index (κ3) is 2.17. The molecule has 1 aliphatic carbocycles. The van der Waals surface area contributed by atoms with E-state index in [1.54, 1.807) is 12.1 Å². The van der Waals surface area contributed by atoms with Gasteiger partial charge in [-0.05, 0) is 36.5 Å². The number of aliphatic hydroxyl groups excluding tert-OH is 1. The van der Waals surface area contributed by atoms with Crippen LogP contribution >= 0.6 is 0 Å². The number of likely N-dealkylation sites (tertiary alicyclic amines) is 1. The largest absolute Gasteiger partial charge is 0.508 e. The third-order valence-corrected chi connectivity index (χ3v) is 4.24. The van der Waals surface area contributed by atoms with Crippen molar-refractivity contribution in [2.24, 2.45) is 11.8 Å². The smallest absolute Gasteiger partial charge is 0.115 e. The predicted octanol–water partition coefficient (Wildman–Crippen LogP) is 1.59. The summed E-state index contributed by atoms with van der Waals surface area (Å²) in [6.07, 6.45) is 2.09. The quantitative estimate of drug-likeness (QED) is 0.815. The normalized spacial score (nSPS) is 32.9. The molecule has 3 heteroatoms. The first kappa shape index (κ1) is 11.1. The molecule has 1 heterocycles. The molecule has 2 fully saturated rings. The molecule has 1 aromatic rings. The van der Waals surface area contributed by atoms with Crippen LogP contribution in [-0.2, 0) is 6.54 Å². The van der Waals surface area contributed by atoms with Crippen molar-refractivity contribution in [2.45, 2.75) is 25.5 Å². The molecule has 0 bridgehead atoms. The van der Waals surface area contributed by atoms with Gasteiger partial charge < -0.3 is 10.2 Å². The zero-order chi connectivity index (χ0) is 11.8. The van der Waals surface area contributed by atoms with E-state index in [1.807, 2.05) is 12.1 Å². The van der Waals surface area contributed by atoms with Crippen molar-refractivity contribution in [1.82, 2.24) is 4.90 Å². The fraction of sp³-hybridized carbons (Fsp3) is 0.571. The summed E-state index contributed by atoms with van der Waals surface area (Å²) < 4.78 is 0. The molecule has 1 aromatic carbocycles. The molecule has 0 spiro atoms. The first-order chi connectivity index (χ1) is 8.22. The second-order valence-corrected chi connectivity index (χ2v) is 5.43. The Morgan fingerprint density at radius 3 is 2.59 bits per heavy atom. The summed E-state index contributed by atoms with van der Waals surface area (Å²) in [7, 11) is 0. The number of aliphatic hydroxyl groups is 1. The Hall–Kier alpha value is -1.06. The van der Waals surface area contributed by atoms with Crippen LogP contribution in [0.4, 0.5) is 0 Å². The Morgan fingerprint density at radius 1 is 1.12 bits per heavy atom. The van der Waals surface area contributed by atoms with E-state index in [2.05, 4.69) is 4.90 Å². The molecule has 0 amide bonds. The molecule has 0 radical (unpaired) electrons. The van der Waals surface area contributed by atoms with E-state index >= 15 is 0 Å². The molecule has 3 rings (SSSR count). The fourth-order valence-electron chi connectivity index (χ4n) is 3.32. The van der Waals surface area contributed by atoms with Gasteiger partial charge in [-0.3, -0.25) is 4.90 Å². The van der Waals surface area contributed by atoms with Crippen LogP contribution in [0.3, 0.4) is 0 Å². The summed E-state index contributed by atoms with van der Waals surface area (Å²) in [5.74, 6) is 1.51. The number of benzene rings is 1. The van der Waals surface area contributed by atoms with Gasteiger partial charge in [-0.25, -0.2) is 0 Å². The average molecular weight is 233 g/mol. The standard InChI is InChI=1S/C14H19NO2/c16-12-4-1-10(2-5-12)7-15-8-11-3-6-14(17)13(11)9-15/h1-2,4-5,11,13-14,16-17H,3,6-9H2. The van der Waals surface area contributed by atoms with Crippen LogP contribution in [0.5, 0.6) is 5.75 Å². The Bertz CT molecular complexity index is 390. The zero-order valence-corrected chi connectivity index (χ0v) is 9.92. The summed E-state index contributed by atoms with van der Waals surface area (Å²) >= 11 is 0. The Balaban J connectivity index is 1.62. The van der Waals surface area contributed by atoms with E-state index in [-0.39, 0.29) is 6.10 Å². The van der Waals surface area contributed by atoms with Crippen LogP contribution in [-0.4, -0.2) is 34.3 Å². The highest BCUT2D eigenvalue weighted by atomic mass is 16.3. The van der Waals surface area contributed by atoms with Crippen molar-refractivity contribution in [3.63, 3.8) is 0 Å². The molecule has 1 saturated heterocycles. The molecule has 3 nitrogen and oxygen atoms in total. The summed E-state index contributed by atoms with van der Waals surface area (Å²) in [6, 6.07) is 7.42. The van der Waals surface area contributed by atoms with Gasteiger partial charge in [0.15, 0.2) is 0 Å². The summed E-state index contributed by atoms with van der Waals surface area (Å²) in [5, 5.41) is 19.1. The number of rotatable bonds is 2. The molecule has 92 valence electrons. The molecule has 3 atom stereocenters. The number of phenols is 1. The van der Waals surface area contributed by atoms with Gasteiger partial charge in [0.2, 0.25) is 0 Å². The monoisotopic (exact) mass is 233 g/mol. The van der Waals surface area contributed by atoms with Crippen LogP contribution in [0.1, 0.15) is 18.4 Å². The minimum Gasteiger partial charge on any atom is -0.508 e. The lowest BCUT2D eigenvalue weighted by atomic mass is 10.00. The van der Waals surface area contributed by atoms with E-state index < -0.39 is 0 Å². The van der Waals surface area contributed by atoms with Crippen LogP contribution in [0.25, 0.3) is 0 Å². The maximum atomic E-state index is 9.86. The lowest BCUT2D eigenvalue weighted by Gasteiger charge is -2.18. The van der Waals surface area contributed by atoms with Crippen molar-refractivity contribution in [3.05, 3.63) is 29.8 Å². The highest BCUT2D eigenvalue weighted by molar-refractivity contribution is 5.25. The topological polar surface area (TPSA) is 43.7 Å². The van der Waals surface area contributed by atoms with Gasteiger partial charge in [-0.1, -0.05) is 12.1 Å². The van der Waals surface area contributed by atoms with Crippen LogP contribution in [0.15, 0.2) is 24.3 Å². The third-order valence-electron chi connectivity index (χ3n) is 4.24. The Morgan fingerprint density at radius 2 is 1.88 bits per heavy atom. The van der Waals surface area contributed by atoms with Crippen LogP contribution in [0.2, 0.25) is 0 Å². The number of aromatic hydroxyl groups is 1. The lowest BCUT2D eigenvalue weighted by molar-refractivity contribution is 0.123. The lowest BCUT2D eigenvalue weighted by Crippen LogP contribution is -2.24. The fourth-order valence-corrected chi connectivity index (χ4v) is 3.32. The summed E-state index contributed by atoms with van der Waals surface area (Å²) in [4.78, 5) is 2.42. The van der Waals surface area contributed by atoms with Gasteiger partial charge in [0.1, 0.15) is 5.75 Å². The van der Waals surface area contributed by atoms with Crippen molar-refractivity contribution in [2.75, 3.05) is 13.1 Å². The number of fused-ring (bicyclic) bond motifs is 1. The molecular weight excluding hydrogens is 214 g/mol. The predicted molar refractivity (Wildman–Crippen MR) is 65.6 cm³/mol. The molecule has 3 unspecified atom stereocenters. The average Bonchev–Trinajstić information content (AvgIpc) is 2.85. The van der Waals surface area contributed by atoms with Gasteiger partial charge in [0, 0.05) is 25.6 Å². The molecule has 1 saturated carbocycles. The van der Waals surface area contributed by atoms with Gasteiger partial charge in [-0.2, -0.15) is 0 Å². The van der Waals surface area contributed by atoms with Crippen molar-refractivity contribution in [3.8, 4) is 5.75 Å². The van der Waals surface area contributed by atoms with Crippen molar-refractivity contribution in [1.29, 1.82) is 0 Å². The number of hydrogen-bond acceptors (Lipinski definition) is 3. The second-order valence-electron chi connectivity index (χ2n) is 5.43. The zero-order valence-electron chi connectivity index (χ0n) is 9.92. The van der Waals surface area contributed by atoms with Crippen LogP contribution < -0.4 is 0 Å². The molecular formula is C14H19NO2. The van der Waals surface area contributed by atoms with Crippen LogP contribution in [0, 0.1) is 11.8 Å². The maximum Gasteiger partial charge on any atom is 0.115 e. The number of phenolic OH excluding ortho intramolecular Hbond substituents is 1. The second kappa shape index (κ2) is 4.31. The highest BCUT2D eigenvalue weighted by Gasteiger charge is 2.41. The molecule has 1 aliphatic heterocycles. The summed E-state index contributed by atoms with van der Waals surface area (Å²) in [6.45, 7) is 3.06. The van der Waals surface area contributed by atoms with E-state index in [0.717, 1.165) is 26.1 Å². The maximum absolute atomic E-state index is 9.86. The van der Waals surface area contributed by atoms with Gasteiger partial charge in [-0.15, -0.1) is 0 Å². The SMILES string of the molecule is Oc1ccc(CN2CC3CCC(O)C3C2)cc1. The first-order valence-corrected chi connectivity index (χ1v) is 6.41. The Labute approximate surface area is 102 Å². The van der Waals surface area contributed by atoms with Crippen molar-refractivity contribution < 1.29 is 10.2 Å². The molecule has 17 heavy (non-hydrogen) atoms. The molecule has 2 aliphatic rings. The van der Waals surface area contributed by atoms with Gasteiger partial charge in [0.05, 0.1) is 6.10 Å². The van der Waals surface area contributed by atoms with E-state index in [9.17, 15) is 10.2 Å². The van der Waals surface area contributed by atoms with E-state index in [0.29, 0.717) is 17.6 Å². The highest BCUT2D eigenvalue weighted by Crippen LogP contribution is 2.38. The van der Waals surface area contributed by atoms with Gasteiger partial charge >= 0.3 is 0 Å². The molecule has 0 aromatic heterocycles. The minimum absolute atomic E-state index is 0.0789. The van der Waals surface area contributed by atoms with E-state index in [1.165, 1.54) is 12.0 Å². The molecule has 2 N–H and O–H groups in total. The Kier molecular flexibility index (Phi) is 2.81. The van der Waals surface area contributed by atoms with Crippen molar-refractivity contribution >= 4 is 0 Å². The van der Waals surface area contributed by atoms with E-state index in [4.69, 9.17) is 0 Å². The van der Waals surface area contributed by atoms with Gasteiger partial charge in [0.25, 0.3) is 0 Å². The number of hydrogen-bond donors (Lipinski definition) is 2. The minimum atomic E-state index is -0.0789. The first-order valence-electron chi connectivity index (χ1n) is 6.41. The number of nitrogens with zero attached hydrogens (tertiary/aromatic N) is 1. The summed E-state index contributed by atoms with van der Waals surface area (Å²) in [5.41, 5.74) is 1.23.